The standard InChI is InChI=1S/C20H35NO/c1-4-7-15-21(16-8-5-2)17-14-20(22)19-12-10-18(9-6-3)11-13-19/h10-13,20,22H,4-9,14-17H2,1-3H3. The largest absolute Gasteiger partial charge is 0.388 e. The Bertz CT molecular complexity index is 366. The number of unbranched alkanes of at least 4 members (excludes halogenated alkanes) is 2. The molecule has 1 unspecified atom stereocenters. The number of benzene rings is 1. The molecule has 2 nitrogen and oxygen atoms in total. The van der Waals surface area contributed by atoms with Crippen molar-refractivity contribution < 1.29 is 5.11 Å². The zero-order valence-electron chi connectivity index (χ0n) is 14.9. The van der Waals surface area contributed by atoms with Gasteiger partial charge >= 0.3 is 0 Å². The van der Waals surface area contributed by atoms with E-state index in [0.29, 0.717) is 0 Å². The zero-order valence-corrected chi connectivity index (χ0v) is 14.9. The highest BCUT2D eigenvalue weighted by molar-refractivity contribution is 5.24. The first-order valence-corrected chi connectivity index (χ1v) is 9.20. The van der Waals surface area contributed by atoms with Crippen LogP contribution in [0.25, 0.3) is 0 Å². The number of rotatable bonds is 12. The first-order valence-electron chi connectivity index (χ1n) is 9.20. The van der Waals surface area contributed by atoms with Crippen molar-refractivity contribution in [3.05, 3.63) is 35.4 Å². The number of hydrogen-bond donors (Lipinski definition) is 1. The summed E-state index contributed by atoms with van der Waals surface area (Å²) in [7, 11) is 0. The van der Waals surface area contributed by atoms with E-state index in [1.807, 2.05) is 0 Å². The number of aliphatic hydroxyl groups is 1. The fourth-order valence-electron chi connectivity index (χ4n) is 2.77. The molecule has 0 radical (unpaired) electrons. The first-order chi connectivity index (χ1) is 10.7. The Kier molecular flexibility index (Phi) is 10.2. The molecular weight excluding hydrogens is 270 g/mol. The summed E-state index contributed by atoms with van der Waals surface area (Å²) in [6.45, 7) is 10.0. The van der Waals surface area contributed by atoms with Crippen molar-refractivity contribution >= 4 is 0 Å². The number of hydrogen-bond acceptors (Lipinski definition) is 2. The van der Waals surface area contributed by atoms with Crippen LogP contribution in [-0.2, 0) is 6.42 Å². The maximum Gasteiger partial charge on any atom is 0.0802 e. The molecule has 2 heteroatoms. The van der Waals surface area contributed by atoms with Gasteiger partial charge in [-0.05, 0) is 49.9 Å². The normalized spacial score (nSPS) is 12.8. The van der Waals surface area contributed by atoms with E-state index >= 15 is 0 Å². The van der Waals surface area contributed by atoms with Gasteiger partial charge in [0, 0.05) is 6.54 Å². The fourth-order valence-corrected chi connectivity index (χ4v) is 2.77. The summed E-state index contributed by atoms with van der Waals surface area (Å²) in [6, 6.07) is 8.51. The van der Waals surface area contributed by atoms with Crippen molar-refractivity contribution in [2.45, 2.75) is 71.8 Å². The van der Waals surface area contributed by atoms with Crippen molar-refractivity contribution in [2.75, 3.05) is 19.6 Å². The van der Waals surface area contributed by atoms with E-state index < -0.39 is 0 Å². The van der Waals surface area contributed by atoms with E-state index in [9.17, 15) is 5.11 Å². The Hall–Kier alpha value is -0.860. The molecule has 0 saturated heterocycles. The summed E-state index contributed by atoms with van der Waals surface area (Å²) in [5, 5.41) is 10.4. The van der Waals surface area contributed by atoms with E-state index in [-0.39, 0.29) is 6.10 Å². The summed E-state index contributed by atoms with van der Waals surface area (Å²) in [6.07, 6.45) is 7.79. The van der Waals surface area contributed by atoms with Crippen LogP contribution in [0.2, 0.25) is 0 Å². The number of aryl methyl sites for hydroxylation is 1. The highest BCUT2D eigenvalue weighted by atomic mass is 16.3. The van der Waals surface area contributed by atoms with Crippen LogP contribution in [0.3, 0.4) is 0 Å². The van der Waals surface area contributed by atoms with E-state index in [2.05, 4.69) is 49.9 Å². The van der Waals surface area contributed by atoms with Gasteiger partial charge in [-0.25, -0.2) is 0 Å². The molecule has 126 valence electrons. The highest BCUT2D eigenvalue weighted by Gasteiger charge is 2.11. The van der Waals surface area contributed by atoms with Gasteiger partial charge in [0.05, 0.1) is 6.10 Å². The summed E-state index contributed by atoms with van der Waals surface area (Å²) in [5.41, 5.74) is 2.43. The molecule has 22 heavy (non-hydrogen) atoms. The van der Waals surface area contributed by atoms with Gasteiger partial charge in [-0.3, -0.25) is 0 Å². The van der Waals surface area contributed by atoms with Gasteiger partial charge in [-0.15, -0.1) is 0 Å². The van der Waals surface area contributed by atoms with Crippen molar-refractivity contribution in [1.82, 2.24) is 4.90 Å². The predicted molar refractivity (Wildman–Crippen MR) is 96.3 cm³/mol. The molecule has 0 aliphatic rings. The van der Waals surface area contributed by atoms with Crippen LogP contribution in [-0.4, -0.2) is 29.6 Å². The molecule has 0 fully saturated rings. The molecule has 1 rings (SSSR count). The van der Waals surface area contributed by atoms with Crippen molar-refractivity contribution in [2.24, 2.45) is 0 Å². The Balaban J connectivity index is 2.45. The molecule has 0 aromatic heterocycles. The lowest BCUT2D eigenvalue weighted by molar-refractivity contribution is 0.140. The Morgan fingerprint density at radius 2 is 1.45 bits per heavy atom. The zero-order chi connectivity index (χ0) is 16.2. The lowest BCUT2D eigenvalue weighted by atomic mass is 10.0. The first kappa shape index (κ1) is 19.2. The molecule has 0 heterocycles. The van der Waals surface area contributed by atoms with Crippen molar-refractivity contribution in [3.8, 4) is 0 Å². The maximum atomic E-state index is 10.4. The summed E-state index contributed by atoms with van der Waals surface area (Å²) >= 11 is 0. The third kappa shape index (κ3) is 7.42. The van der Waals surface area contributed by atoms with Gasteiger partial charge in [0.2, 0.25) is 0 Å². The summed E-state index contributed by atoms with van der Waals surface area (Å²) < 4.78 is 0. The van der Waals surface area contributed by atoms with Gasteiger partial charge in [0.1, 0.15) is 0 Å². The Morgan fingerprint density at radius 1 is 0.864 bits per heavy atom. The van der Waals surface area contributed by atoms with Crippen LogP contribution >= 0.6 is 0 Å². The lowest BCUT2D eigenvalue weighted by Gasteiger charge is -2.23. The molecule has 0 saturated carbocycles. The monoisotopic (exact) mass is 305 g/mol. The van der Waals surface area contributed by atoms with Crippen LogP contribution in [0.15, 0.2) is 24.3 Å². The molecule has 1 atom stereocenters. The van der Waals surface area contributed by atoms with Crippen molar-refractivity contribution in [3.63, 3.8) is 0 Å². The number of nitrogens with zero attached hydrogens (tertiary/aromatic N) is 1. The van der Waals surface area contributed by atoms with E-state index in [1.165, 1.54) is 50.8 Å². The quantitative estimate of drug-likeness (QED) is 0.589. The topological polar surface area (TPSA) is 23.5 Å². The molecule has 1 aromatic carbocycles. The second-order valence-electron chi connectivity index (χ2n) is 6.34. The van der Waals surface area contributed by atoms with Crippen molar-refractivity contribution in [1.29, 1.82) is 0 Å². The molecule has 0 aliphatic heterocycles. The van der Waals surface area contributed by atoms with Gasteiger partial charge < -0.3 is 10.0 Å². The fraction of sp³-hybridized carbons (Fsp3) is 0.700. The second-order valence-corrected chi connectivity index (χ2v) is 6.34. The molecule has 0 spiro atoms. The predicted octanol–water partition coefficient (Wildman–Crippen LogP) is 4.96. The molecule has 1 aromatic rings. The maximum absolute atomic E-state index is 10.4. The van der Waals surface area contributed by atoms with E-state index in [1.54, 1.807) is 0 Å². The van der Waals surface area contributed by atoms with E-state index in [4.69, 9.17) is 0 Å². The van der Waals surface area contributed by atoms with Crippen LogP contribution in [0.1, 0.15) is 76.5 Å². The van der Waals surface area contributed by atoms with Crippen LogP contribution in [0, 0.1) is 0 Å². The molecule has 0 aliphatic carbocycles. The smallest absolute Gasteiger partial charge is 0.0802 e. The lowest BCUT2D eigenvalue weighted by Crippen LogP contribution is -2.28. The van der Waals surface area contributed by atoms with Crippen LogP contribution < -0.4 is 0 Å². The summed E-state index contributed by atoms with van der Waals surface area (Å²) in [4.78, 5) is 2.52. The van der Waals surface area contributed by atoms with Gasteiger partial charge in [-0.2, -0.15) is 0 Å². The molecule has 0 amide bonds. The third-order valence-electron chi connectivity index (χ3n) is 4.28. The third-order valence-corrected chi connectivity index (χ3v) is 4.28. The second kappa shape index (κ2) is 11.7. The Morgan fingerprint density at radius 3 is 1.95 bits per heavy atom. The minimum Gasteiger partial charge on any atom is -0.388 e. The van der Waals surface area contributed by atoms with Gasteiger partial charge in [0.25, 0.3) is 0 Å². The Labute approximate surface area is 137 Å². The minimum absolute atomic E-state index is 0.332. The van der Waals surface area contributed by atoms with E-state index in [0.717, 1.165) is 24.9 Å². The highest BCUT2D eigenvalue weighted by Crippen LogP contribution is 2.18. The molecule has 1 N–H and O–H groups in total. The average molecular weight is 306 g/mol. The molecule has 0 bridgehead atoms. The summed E-state index contributed by atoms with van der Waals surface area (Å²) in [5.74, 6) is 0. The van der Waals surface area contributed by atoms with Crippen LogP contribution in [0.5, 0.6) is 0 Å². The molecular formula is C20H35NO. The minimum atomic E-state index is -0.332. The SMILES string of the molecule is CCCCN(CCCC)CCC(O)c1ccc(CCC)cc1. The van der Waals surface area contributed by atoms with Crippen LogP contribution in [0.4, 0.5) is 0 Å². The number of aliphatic hydroxyl groups excluding tert-OH is 1. The van der Waals surface area contributed by atoms with Gasteiger partial charge in [-0.1, -0.05) is 64.3 Å². The van der Waals surface area contributed by atoms with Gasteiger partial charge in [0.15, 0.2) is 0 Å². The average Bonchev–Trinajstić information content (AvgIpc) is 2.55.